The topological polar surface area (TPSA) is 22.1 Å². The van der Waals surface area contributed by atoms with Crippen molar-refractivity contribution in [3.05, 3.63) is 58.6 Å². The van der Waals surface area contributed by atoms with Crippen molar-refractivity contribution in [1.82, 2.24) is 4.98 Å². The van der Waals surface area contributed by atoms with E-state index in [1.807, 2.05) is 12.1 Å². The van der Waals surface area contributed by atoms with Gasteiger partial charge in [-0.2, -0.15) is 0 Å². The maximum Gasteiger partial charge on any atom is 0.136 e. The maximum absolute atomic E-state index is 6.17. The van der Waals surface area contributed by atoms with Crippen LogP contribution in [0.3, 0.4) is 0 Å². The monoisotopic (exact) mass is 273 g/mol. The van der Waals surface area contributed by atoms with E-state index in [-0.39, 0.29) is 0 Å². The molecule has 0 unspecified atom stereocenters. The van der Waals surface area contributed by atoms with Crippen LogP contribution in [0.2, 0.25) is 5.15 Å². The van der Waals surface area contributed by atoms with E-state index in [4.69, 9.17) is 16.3 Å². The third-order valence-electron chi connectivity index (χ3n) is 3.13. The van der Waals surface area contributed by atoms with E-state index in [2.05, 4.69) is 37.0 Å². The van der Waals surface area contributed by atoms with Crippen LogP contribution in [0.25, 0.3) is 17.2 Å². The standard InChI is InChI=1S/C16H16ClNO/c1-11-4-5-13(10-12(11)2)14-6-8-18-16(17)15(14)7-9-19-3/h4-10H,1-3H3/b9-7+. The molecule has 1 aromatic heterocycles. The first-order valence-electron chi connectivity index (χ1n) is 6.05. The number of nitrogens with zero attached hydrogens (tertiary/aromatic N) is 1. The lowest BCUT2D eigenvalue weighted by atomic mass is 9.98. The Morgan fingerprint density at radius 2 is 1.95 bits per heavy atom. The van der Waals surface area contributed by atoms with E-state index in [9.17, 15) is 0 Å². The summed E-state index contributed by atoms with van der Waals surface area (Å²) in [4.78, 5) is 4.12. The van der Waals surface area contributed by atoms with Crippen molar-refractivity contribution in [2.24, 2.45) is 0 Å². The normalized spacial score (nSPS) is 10.9. The highest BCUT2D eigenvalue weighted by atomic mass is 35.5. The molecule has 0 saturated carbocycles. The smallest absolute Gasteiger partial charge is 0.136 e. The molecule has 0 fully saturated rings. The van der Waals surface area contributed by atoms with Crippen molar-refractivity contribution in [1.29, 1.82) is 0 Å². The molecule has 3 heteroatoms. The molecule has 0 aliphatic rings. The number of aromatic nitrogens is 1. The molecule has 0 atom stereocenters. The van der Waals surface area contributed by atoms with Crippen LogP contribution in [0.5, 0.6) is 0 Å². The molecule has 0 radical (unpaired) electrons. The Balaban J connectivity index is 2.58. The van der Waals surface area contributed by atoms with Crippen LogP contribution in [0, 0.1) is 13.8 Å². The largest absolute Gasteiger partial charge is 0.504 e. The summed E-state index contributed by atoms with van der Waals surface area (Å²) in [5.41, 5.74) is 5.58. The zero-order chi connectivity index (χ0) is 13.8. The Morgan fingerprint density at radius 1 is 1.16 bits per heavy atom. The van der Waals surface area contributed by atoms with Gasteiger partial charge in [-0.05, 0) is 48.2 Å². The molecule has 2 aromatic rings. The van der Waals surface area contributed by atoms with Gasteiger partial charge in [0, 0.05) is 11.8 Å². The zero-order valence-corrected chi connectivity index (χ0v) is 12.0. The fourth-order valence-electron chi connectivity index (χ4n) is 1.90. The van der Waals surface area contributed by atoms with Crippen LogP contribution in [0.1, 0.15) is 16.7 Å². The maximum atomic E-state index is 6.17. The predicted octanol–water partition coefficient (Wildman–Crippen LogP) is 4.64. The van der Waals surface area contributed by atoms with Gasteiger partial charge in [0.2, 0.25) is 0 Å². The lowest BCUT2D eigenvalue weighted by molar-refractivity contribution is 0.341. The molecule has 0 saturated heterocycles. The lowest BCUT2D eigenvalue weighted by Crippen LogP contribution is -1.90. The minimum atomic E-state index is 0.476. The van der Waals surface area contributed by atoms with Gasteiger partial charge in [0.05, 0.1) is 13.4 Å². The Hall–Kier alpha value is -1.80. The van der Waals surface area contributed by atoms with Crippen LogP contribution < -0.4 is 0 Å². The summed E-state index contributed by atoms with van der Waals surface area (Å²) in [6.07, 6.45) is 5.16. The molecular formula is C16H16ClNO. The quantitative estimate of drug-likeness (QED) is 0.600. The van der Waals surface area contributed by atoms with Crippen LogP contribution in [0.15, 0.2) is 36.7 Å². The Bertz CT molecular complexity index is 620. The minimum Gasteiger partial charge on any atom is -0.504 e. The first kappa shape index (κ1) is 13.6. The average Bonchev–Trinajstić information content (AvgIpc) is 2.40. The second-order valence-corrected chi connectivity index (χ2v) is 4.76. The molecule has 98 valence electrons. The third-order valence-corrected chi connectivity index (χ3v) is 3.43. The van der Waals surface area contributed by atoms with Gasteiger partial charge in [-0.15, -0.1) is 0 Å². The van der Waals surface area contributed by atoms with Crippen LogP contribution >= 0.6 is 11.6 Å². The van der Waals surface area contributed by atoms with Crippen molar-refractivity contribution >= 4 is 17.7 Å². The van der Waals surface area contributed by atoms with Gasteiger partial charge in [-0.1, -0.05) is 29.8 Å². The minimum absolute atomic E-state index is 0.476. The summed E-state index contributed by atoms with van der Waals surface area (Å²) < 4.78 is 4.97. The number of methoxy groups -OCH3 is 1. The summed E-state index contributed by atoms with van der Waals surface area (Å²) in [5.74, 6) is 0. The van der Waals surface area contributed by atoms with Crippen molar-refractivity contribution in [3.8, 4) is 11.1 Å². The van der Waals surface area contributed by atoms with E-state index in [0.29, 0.717) is 5.15 Å². The fourth-order valence-corrected chi connectivity index (χ4v) is 2.12. The highest BCUT2D eigenvalue weighted by molar-refractivity contribution is 6.31. The fraction of sp³-hybridized carbons (Fsp3) is 0.188. The van der Waals surface area contributed by atoms with E-state index >= 15 is 0 Å². The van der Waals surface area contributed by atoms with Crippen molar-refractivity contribution in [2.75, 3.05) is 7.11 Å². The second kappa shape index (κ2) is 5.89. The van der Waals surface area contributed by atoms with Crippen LogP contribution in [0.4, 0.5) is 0 Å². The number of hydrogen-bond acceptors (Lipinski definition) is 2. The second-order valence-electron chi connectivity index (χ2n) is 4.40. The van der Waals surface area contributed by atoms with E-state index < -0.39 is 0 Å². The summed E-state index contributed by atoms with van der Waals surface area (Å²) in [6.45, 7) is 4.21. The van der Waals surface area contributed by atoms with Crippen molar-refractivity contribution < 1.29 is 4.74 Å². The van der Waals surface area contributed by atoms with Crippen molar-refractivity contribution in [2.45, 2.75) is 13.8 Å². The Morgan fingerprint density at radius 3 is 2.63 bits per heavy atom. The van der Waals surface area contributed by atoms with E-state index in [1.165, 1.54) is 11.1 Å². The summed E-state index contributed by atoms with van der Waals surface area (Å²) in [5, 5.41) is 0.476. The van der Waals surface area contributed by atoms with Crippen LogP contribution in [-0.2, 0) is 4.74 Å². The van der Waals surface area contributed by atoms with Gasteiger partial charge in [-0.3, -0.25) is 0 Å². The van der Waals surface area contributed by atoms with Gasteiger partial charge >= 0.3 is 0 Å². The van der Waals surface area contributed by atoms with Gasteiger partial charge < -0.3 is 4.74 Å². The van der Waals surface area contributed by atoms with Gasteiger partial charge in [-0.25, -0.2) is 4.98 Å². The first-order valence-corrected chi connectivity index (χ1v) is 6.42. The molecule has 0 N–H and O–H groups in total. The lowest BCUT2D eigenvalue weighted by Gasteiger charge is -2.09. The Labute approximate surface area is 118 Å². The molecule has 0 aliphatic heterocycles. The highest BCUT2D eigenvalue weighted by Gasteiger charge is 2.08. The summed E-state index contributed by atoms with van der Waals surface area (Å²) >= 11 is 6.17. The van der Waals surface area contributed by atoms with Gasteiger partial charge in [0.1, 0.15) is 5.15 Å². The Kier molecular flexibility index (Phi) is 4.23. The number of halogens is 1. The molecule has 2 nitrogen and oxygen atoms in total. The number of aryl methyl sites for hydroxylation is 2. The molecule has 0 spiro atoms. The van der Waals surface area contributed by atoms with Gasteiger partial charge in [0.15, 0.2) is 0 Å². The molecule has 0 amide bonds. The molecule has 0 bridgehead atoms. The number of rotatable bonds is 3. The van der Waals surface area contributed by atoms with E-state index in [0.717, 1.165) is 16.7 Å². The number of hydrogen-bond donors (Lipinski definition) is 0. The van der Waals surface area contributed by atoms with Gasteiger partial charge in [0.25, 0.3) is 0 Å². The van der Waals surface area contributed by atoms with E-state index in [1.54, 1.807) is 19.6 Å². The number of ether oxygens (including phenoxy) is 1. The predicted molar refractivity (Wildman–Crippen MR) is 80.2 cm³/mol. The average molecular weight is 274 g/mol. The molecule has 2 rings (SSSR count). The molecule has 1 heterocycles. The van der Waals surface area contributed by atoms with Crippen molar-refractivity contribution in [3.63, 3.8) is 0 Å². The third kappa shape index (κ3) is 2.96. The molecule has 19 heavy (non-hydrogen) atoms. The molecule has 0 aliphatic carbocycles. The SMILES string of the molecule is CO/C=C/c1c(-c2ccc(C)c(C)c2)ccnc1Cl. The number of benzene rings is 1. The highest BCUT2D eigenvalue weighted by Crippen LogP contribution is 2.30. The first-order chi connectivity index (χ1) is 9.13. The summed E-state index contributed by atoms with van der Waals surface area (Å²) in [7, 11) is 1.61. The summed E-state index contributed by atoms with van der Waals surface area (Å²) in [6, 6.07) is 8.33. The molecule has 1 aromatic carbocycles. The van der Waals surface area contributed by atoms with Crippen LogP contribution in [-0.4, -0.2) is 12.1 Å². The molecular weight excluding hydrogens is 258 g/mol. The number of pyridine rings is 1. The zero-order valence-electron chi connectivity index (χ0n) is 11.3.